The van der Waals surface area contributed by atoms with Crippen molar-refractivity contribution >= 4 is 5.97 Å². The molecular formula is C7H8N2O5. The predicted octanol–water partition coefficient (Wildman–Crippen LogP) is -1.14. The highest BCUT2D eigenvalue weighted by Crippen LogP contribution is 2.22. The molecule has 0 saturated heterocycles. The Morgan fingerprint density at radius 3 is 2.71 bits per heavy atom. The van der Waals surface area contributed by atoms with E-state index in [2.05, 4.69) is 0 Å². The molecule has 14 heavy (non-hydrogen) atoms. The van der Waals surface area contributed by atoms with E-state index < -0.39 is 28.2 Å². The van der Waals surface area contributed by atoms with Crippen LogP contribution in [0.25, 0.3) is 0 Å². The average molecular weight is 200 g/mol. The summed E-state index contributed by atoms with van der Waals surface area (Å²) in [4.78, 5) is 20.1. The number of nitro groups is 1. The highest BCUT2D eigenvalue weighted by molar-refractivity contribution is 5.88. The van der Waals surface area contributed by atoms with Gasteiger partial charge >= 0.3 is 11.6 Å². The maximum atomic E-state index is 10.5. The van der Waals surface area contributed by atoms with E-state index >= 15 is 0 Å². The average Bonchev–Trinajstić information content (AvgIpc) is 2.09. The molecule has 2 atom stereocenters. The molecule has 0 aromatic rings. The van der Waals surface area contributed by atoms with Crippen molar-refractivity contribution in [3.05, 3.63) is 33.9 Å². The van der Waals surface area contributed by atoms with E-state index in [1.165, 1.54) is 0 Å². The fourth-order valence-electron chi connectivity index (χ4n) is 1.09. The van der Waals surface area contributed by atoms with Crippen LogP contribution >= 0.6 is 0 Å². The summed E-state index contributed by atoms with van der Waals surface area (Å²) in [6, 6.07) is 0. The van der Waals surface area contributed by atoms with Crippen molar-refractivity contribution in [2.45, 2.75) is 11.8 Å². The van der Waals surface area contributed by atoms with Crippen molar-refractivity contribution in [2.75, 3.05) is 0 Å². The van der Waals surface area contributed by atoms with E-state index in [-0.39, 0.29) is 0 Å². The van der Waals surface area contributed by atoms with Gasteiger partial charge in [-0.15, -0.1) is 0 Å². The van der Waals surface area contributed by atoms with Crippen LogP contribution in [0.3, 0.4) is 0 Å². The van der Waals surface area contributed by atoms with Gasteiger partial charge in [0.2, 0.25) is 0 Å². The van der Waals surface area contributed by atoms with Crippen LogP contribution in [0.1, 0.15) is 0 Å². The molecule has 1 rings (SSSR count). The van der Waals surface area contributed by atoms with E-state index in [1.807, 2.05) is 0 Å². The van der Waals surface area contributed by atoms with E-state index in [4.69, 9.17) is 10.8 Å². The Hall–Kier alpha value is -1.73. The smallest absolute Gasteiger partial charge is 0.334 e. The van der Waals surface area contributed by atoms with Gasteiger partial charge in [-0.3, -0.25) is 15.8 Å². The molecule has 0 aromatic carbocycles. The van der Waals surface area contributed by atoms with Crippen molar-refractivity contribution in [1.29, 1.82) is 0 Å². The Morgan fingerprint density at radius 1 is 1.71 bits per heavy atom. The number of carbonyl (C=O) groups is 1. The molecule has 0 fully saturated rings. The van der Waals surface area contributed by atoms with Crippen molar-refractivity contribution in [1.82, 2.24) is 0 Å². The monoisotopic (exact) mass is 200 g/mol. The zero-order valence-corrected chi connectivity index (χ0v) is 6.95. The standard InChI is InChI=1S/C7H8N2O5/c8-7(9(13)14)3-1-2-4(5(7)10)6(11)12/h1-3,5,10H,8H2,(H,11,12). The van der Waals surface area contributed by atoms with Crippen molar-refractivity contribution in [3.63, 3.8) is 0 Å². The number of carboxylic acid groups (broad SMARTS) is 1. The third-order valence-electron chi connectivity index (χ3n) is 1.93. The maximum absolute atomic E-state index is 10.5. The van der Waals surface area contributed by atoms with Gasteiger partial charge in [0.25, 0.3) is 0 Å². The number of nitrogens with two attached hydrogens (primary N) is 1. The molecule has 0 bridgehead atoms. The quantitative estimate of drug-likeness (QED) is 0.293. The largest absolute Gasteiger partial charge is 0.478 e. The second kappa shape index (κ2) is 3.20. The molecule has 1 aliphatic rings. The minimum atomic E-state index is -2.26. The lowest BCUT2D eigenvalue weighted by molar-refractivity contribution is -0.564. The fourth-order valence-corrected chi connectivity index (χ4v) is 1.09. The molecule has 7 heteroatoms. The molecule has 0 aromatic heterocycles. The van der Waals surface area contributed by atoms with Crippen LogP contribution in [0.4, 0.5) is 0 Å². The number of aliphatic carboxylic acids is 1. The summed E-state index contributed by atoms with van der Waals surface area (Å²) in [6.07, 6.45) is 1.31. The summed E-state index contributed by atoms with van der Waals surface area (Å²) in [5.74, 6) is -1.43. The van der Waals surface area contributed by atoms with Gasteiger partial charge in [0.05, 0.1) is 5.57 Å². The first-order valence-electron chi connectivity index (χ1n) is 3.63. The lowest BCUT2D eigenvalue weighted by atomic mass is 9.92. The number of aliphatic hydroxyl groups is 1. The van der Waals surface area contributed by atoms with Gasteiger partial charge in [-0.2, -0.15) is 0 Å². The first kappa shape index (κ1) is 10.4. The highest BCUT2D eigenvalue weighted by atomic mass is 16.6. The van der Waals surface area contributed by atoms with Crippen LogP contribution in [0.5, 0.6) is 0 Å². The Bertz CT molecular complexity index is 348. The van der Waals surface area contributed by atoms with Crippen LogP contribution in [0.2, 0.25) is 0 Å². The van der Waals surface area contributed by atoms with Crippen LogP contribution in [0, 0.1) is 10.1 Å². The second-order valence-corrected chi connectivity index (χ2v) is 2.83. The van der Waals surface area contributed by atoms with E-state index in [0.29, 0.717) is 0 Å². The number of aliphatic hydroxyl groups excluding tert-OH is 1. The van der Waals surface area contributed by atoms with Crippen LogP contribution < -0.4 is 5.73 Å². The Balaban J connectivity index is 3.11. The number of rotatable bonds is 2. The fraction of sp³-hybridized carbons (Fsp3) is 0.286. The van der Waals surface area contributed by atoms with E-state index in [9.17, 15) is 20.0 Å². The van der Waals surface area contributed by atoms with Crippen molar-refractivity contribution in [3.8, 4) is 0 Å². The molecule has 7 nitrogen and oxygen atoms in total. The zero-order valence-electron chi connectivity index (χ0n) is 6.95. The number of carboxylic acids is 1. The van der Waals surface area contributed by atoms with Crippen molar-refractivity contribution in [2.24, 2.45) is 5.73 Å². The molecule has 0 radical (unpaired) electrons. The van der Waals surface area contributed by atoms with Crippen LogP contribution in [-0.2, 0) is 4.79 Å². The molecule has 0 heterocycles. The van der Waals surface area contributed by atoms with Crippen LogP contribution in [-0.4, -0.2) is 32.9 Å². The molecule has 1 aliphatic carbocycles. The molecule has 0 spiro atoms. The highest BCUT2D eigenvalue weighted by Gasteiger charge is 2.48. The number of hydrogen-bond acceptors (Lipinski definition) is 5. The maximum Gasteiger partial charge on any atom is 0.334 e. The van der Waals surface area contributed by atoms with Gasteiger partial charge in [0.1, 0.15) is 0 Å². The van der Waals surface area contributed by atoms with E-state index in [0.717, 1.165) is 18.2 Å². The van der Waals surface area contributed by atoms with Gasteiger partial charge in [-0.1, -0.05) is 6.08 Å². The second-order valence-electron chi connectivity index (χ2n) is 2.83. The van der Waals surface area contributed by atoms with Gasteiger partial charge < -0.3 is 10.2 Å². The minimum absolute atomic E-state index is 0.494. The topological polar surface area (TPSA) is 127 Å². The van der Waals surface area contributed by atoms with Gasteiger partial charge in [-0.25, -0.2) is 4.79 Å². The zero-order chi connectivity index (χ0) is 10.9. The number of hydrogen-bond donors (Lipinski definition) is 3. The van der Waals surface area contributed by atoms with Crippen LogP contribution in [0.15, 0.2) is 23.8 Å². The lowest BCUT2D eigenvalue weighted by Gasteiger charge is -2.25. The first-order valence-corrected chi connectivity index (χ1v) is 3.63. The number of allylic oxidation sites excluding steroid dienone is 2. The summed E-state index contributed by atoms with van der Waals surface area (Å²) >= 11 is 0. The van der Waals surface area contributed by atoms with Gasteiger partial charge in [-0.05, 0) is 6.08 Å². The minimum Gasteiger partial charge on any atom is -0.478 e. The molecule has 4 N–H and O–H groups in total. The predicted molar refractivity (Wildman–Crippen MR) is 44.8 cm³/mol. The molecule has 76 valence electrons. The Labute approximate surface area is 78.3 Å². The molecule has 0 saturated carbocycles. The SMILES string of the molecule is NC1([N+](=O)[O-])C=CC=C(C(=O)O)C1O. The summed E-state index contributed by atoms with van der Waals surface area (Å²) in [7, 11) is 0. The van der Waals surface area contributed by atoms with Crippen molar-refractivity contribution < 1.29 is 19.9 Å². The molecule has 0 amide bonds. The normalized spacial score (nSPS) is 31.0. The summed E-state index contributed by atoms with van der Waals surface area (Å²) < 4.78 is 0. The molecule has 0 aliphatic heterocycles. The Kier molecular flexibility index (Phi) is 2.37. The molecule has 2 unspecified atom stereocenters. The van der Waals surface area contributed by atoms with Gasteiger partial charge in [0, 0.05) is 11.0 Å². The summed E-state index contributed by atoms with van der Waals surface area (Å²) in [5.41, 5.74) is 2.48. The Morgan fingerprint density at radius 2 is 2.29 bits per heavy atom. The summed E-state index contributed by atoms with van der Waals surface area (Å²) in [5, 5.41) is 28.4. The number of nitrogens with zero attached hydrogens (tertiary/aromatic N) is 1. The summed E-state index contributed by atoms with van der Waals surface area (Å²) in [6.45, 7) is 0. The van der Waals surface area contributed by atoms with Gasteiger partial charge in [0.15, 0.2) is 6.10 Å². The first-order chi connectivity index (χ1) is 6.39. The lowest BCUT2D eigenvalue weighted by Crippen LogP contribution is -2.58. The third-order valence-corrected chi connectivity index (χ3v) is 1.93. The third kappa shape index (κ3) is 1.38. The van der Waals surface area contributed by atoms with E-state index in [1.54, 1.807) is 0 Å². The molecular weight excluding hydrogens is 192 g/mol.